The molecular formula is C14H18N4O2S. The normalized spacial score (nSPS) is 22.6. The fourth-order valence-corrected chi connectivity index (χ4v) is 3.20. The molecule has 0 aliphatic carbocycles. The van der Waals surface area contributed by atoms with E-state index in [4.69, 9.17) is 10.5 Å². The van der Waals surface area contributed by atoms with Gasteiger partial charge in [-0.3, -0.25) is 4.79 Å². The molecule has 1 aliphatic heterocycles. The largest absolute Gasteiger partial charge is 0.381 e. The molecule has 2 atom stereocenters. The molecule has 1 amide bonds. The minimum Gasteiger partial charge on any atom is -0.381 e. The van der Waals surface area contributed by atoms with Gasteiger partial charge in [0.25, 0.3) is 5.91 Å². The van der Waals surface area contributed by atoms with Crippen LogP contribution in [0, 0.1) is 5.92 Å². The van der Waals surface area contributed by atoms with Gasteiger partial charge in [-0.2, -0.15) is 0 Å². The minimum absolute atomic E-state index is 0.170. The van der Waals surface area contributed by atoms with Crippen molar-refractivity contribution in [1.82, 2.24) is 14.5 Å². The van der Waals surface area contributed by atoms with Crippen molar-refractivity contribution in [3.63, 3.8) is 0 Å². The summed E-state index contributed by atoms with van der Waals surface area (Å²) >= 11 is 1.48. The highest BCUT2D eigenvalue weighted by Crippen LogP contribution is 2.32. The van der Waals surface area contributed by atoms with Gasteiger partial charge in [-0.25, -0.2) is 9.97 Å². The summed E-state index contributed by atoms with van der Waals surface area (Å²) in [5, 5.41) is 1.54. The molecule has 21 heavy (non-hydrogen) atoms. The quantitative estimate of drug-likeness (QED) is 0.691. The van der Waals surface area contributed by atoms with Crippen molar-refractivity contribution in [3.05, 3.63) is 18.0 Å². The van der Waals surface area contributed by atoms with Gasteiger partial charge < -0.3 is 15.0 Å². The Bertz CT molecular complexity index is 685. The first-order chi connectivity index (χ1) is 10.1. The number of amides is 1. The summed E-state index contributed by atoms with van der Waals surface area (Å²) in [6, 6.07) is 1.95. The van der Waals surface area contributed by atoms with Crippen molar-refractivity contribution in [3.8, 4) is 0 Å². The van der Waals surface area contributed by atoms with Crippen LogP contribution in [0.5, 0.6) is 0 Å². The van der Waals surface area contributed by atoms with Gasteiger partial charge in [-0.15, -0.1) is 0 Å². The third-order valence-electron chi connectivity index (χ3n) is 3.92. The second-order valence-electron chi connectivity index (χ2n) is 5.31. The number of hydrogen-bond acceptors (Lipinski definition) is 5. The van der Waals surface area contributed by atoms with Crippen molar-refractivity contribution in [2.75, 3.05) is 19.5 Å². The maximum atomic E-state index is 11.8. The van der Waals surface area contributed by atoms with E-state index in [-0.39, 0.29) is 6.04 Å². The van der Waals surface area contributed by atoms with E-state index in [2.05, 4.69) is 16.9 Å². The molecule has 112 valence electrons. The Morgan fingerprint density at radius 3 is 3.05 bits per heavy atom. The van der Waals surface area contributed by atoms with Crippen molar-refractivity contribution in [1.29, 1.82) is 0 Å². The van der Waals surface area contributed by atoms with Crippen LogP contribution in [0.25, 0.3) is 11.0 Å². The molecule has 3 heterocycles. The lowest BCUT2D eigenvalue weighted by molar-refractivity contribution is 0.0290. The number of fused-ring (bicyclic) bond motifs is 1. The van der Waals surface area contributed by atoms with Gasteiger partial charge in [0.1, 0.15) is 11.3 Å². The number of nitrogens with zero attached hydrogens (tertiary/aromatic N) is 3. The number of thioether (sulfide) groups is 1. The SMILES string of the molecule is CSc1ncc2cc(C(N)=O)n([C@@H]3CCOC[C@@H]3C)c2n1. The standard InChI is InChI=1S/C14H18N4O2S/c1-8-7-20-4-3-10(8)18-11(12(15)19)5-9-6-16-14(21-2)17-13(9)18/h5-6,8,10H,3-4,7H2,1-2H3,(H2,15,19)/t8-,10+/m0/s1. The van der Waals surface area contributed by atoms with Crippen LogP contribution >= 0.6 is 11.8 Å². The van der Waals surface area contributed by atoms with Crippen LogP contribution in [0.3, 0.4) is 0 Å². The van der Waals surface area contributed by atoms with Gasteiger partial charge >= 0.3 is 0 Å². The van der Waals surface area contributed by atoms with E-state index < -0.39 is 5.91 Å². The van der Waals surface area contributed by atoms with Crippen LogP contribution in [0.1, 0.15) is 29.9 Å². The molecule has 0 unspecified atom stereocenters. The number of carbonyl (C=O) groups excluding carboxylic acids is 1. The lowest BCUT2D eigenvalue weighted by Gasteiger charge is -2.31. The summed E-state index contributed by atoms with van der Waals surface area (Å²) in [4.78, 5) is 20.6. The van der Waals surface area contributed by atoms with Crippen molar-refractivity contribution in [2.24, 2.45) is 11.7 Å². The predicted octanol–water partition coefficient (Wildman–Crippen LogP) is 1.85. The van der Waals surface area contributed by atoms with Crippen LogP contribution in [-0.2, 0) is 4.74 Å². The van der Waals surface area contributed by atoms with Gasteiger partial charge in [-0.05, 0) is 18.7 Å². The molecule has 6 nitrogen and oxygen atoms in total. The molecular weight excluding hydrogens is 288 g/mol. The molecule has 0 radical (unpaired) electrons. The second-order valence-corrected chi connectivity index (χ2v) is 6.08. The molecule has 1 aliphatic rings. The number of rotatable bonds is 3. The number of aromatic nitrogens is 3. The first-order valence-corrected chi connectivity index (χ1v) is 8.13. The van der Waals surface area contributed by atoms with Crippen molar-refractivity contribution >= 4 is 28.7 Å². The molecule has 7 heteroatoms. The highest BCUT2D eigenvalue weighted by Gasteiger charge is 2.28. The van der Waals surface area contributed by atoms with Gasteiger partial charge in [0.15, 0.2) is 5.16 Å². The summed E-state index contributed by atoms with van der Waals surface area (Å²) in [5.74, 6) is -0.127. The predicted molar refractivity (Wildman–Crippen MR) is 81.5 cm³/mol. The highest BCUT2D eigenvalue weighted by atomic mass is 32.2. The van der Waals surface area contributed by atoms with E-state index in [1.807, 2.05) is 10.8 Å². The van der Waals surface area contributed by atoms with Crippen LogP contribution in [0.4, 0.5) is 0 Å². The molecule has 0 aromatic carbocycles. The van der Waals surface area contributed by atoms with Gasteiger partial charge in [-0.1, -0.05) is 18.7 Å². The lowest BCUT2D eigenvalue weighted by atomic mass is 9.97. The molecule has 2 aromatic rings. The number of hydrogen-bond donors (Lipinski definition) is 1. The van der Waals surface area contributed by atoms with Gasteiger partial charge in [0, 0.05) is 30.1 Å². The summed E-state index contributed by atoms with van der Waals surface area (Å²) in [5.41, 5.74) is 6.83. The third-order valence-corrected chi connectivity index (χ3v) is 4.48. The third kappa shape index (κ3) is 2.51. The molecule has 0 saturated carbocycles. The second kappa shape index (κ2) is 5.65. The fraction of sp³-hybridized carbons (Fsp3) is 0.500. The zero-order valence-corrected chi connectivity index (χ0v) is 12.9. The Kier molecular flexibility index (Phi) is 3.86. The highest BCUT2D eigenvalue weighted by molar-refractivity contribution is 7.98. The summed E-state index contributed by atoms with van der Waals surface area (Å²) < 4.78 is 7.48. The van der Waals surface area contributed by atoms with E-state index in [1.54, 1.807) is 12.3 Å². The van der Waals surface area contributed by atoms with Crippen molar-refractivity contribution < 1.29 is 9.53 Å². The number of nitrogens with two attached hydrogens (primary N) is 1. The summed E-state index contributed by atoms with van der Waals surface area (Å²) in [6.45, 7) is 3.49. The fourth-order valence-electron chi connectivity index (χ4n) is 2.87. The number of primary amides is 1. The Hall–Kier alpha value is -1.60. The summed E-state index contributed by atoms with van der Waals surface area (Å²) in [6.07, 6.45) is 4.53. The molecule has 0 spiro atoms. The Morgan fingerprint density at radius 2 is 2.38 bits per heavy atom. The van der Waals surface area contributed by atoms with Crippen LogP contribution in [0.15, 0.2) is 17.4 Å². The Labute approximate surface area is 127 Å². The summed E-state index contributed by atoms with van der Waals surface area (Å²) in [7, 11) is 0. The van der Waals surface area contributed by atoms with Crippen LogP contribution in [0.2, 0.25) is 0 Å². The zero-order chi connectivity index (χ0) is 15.0. The molecule has 1 saturated heterocycles. The Balaban J connectivity index is 2.20. The zero-order valence-electron chi connectivity index (χ0n) is 12.1. The van der Waals surface area contributed by atoms with E-state index in [1.165, 1.54) is 11.8 Å². The maximum Gasteiger partial charge on any atom is 0.265 e. The monoisotopic (exact) mass is 306 g/mol. The van der Waals surface area contributed by atoms with E-state index in [0.717, 1.165) is 17.5 Å². The van der Waals surface area contributed by atoms with E-state index in [9.17, 15) is 4.79 Å². The first kappa shape index (κ1) is 14.3. The Morgan fingerprint density at radius 1 is 1.57 bits per heavy atom. The smallest absolute Gasteiger partial charge is 0.265 e. The average molecular weight is 306 g/mol. The lowest BCUT2D eigenvalue weighted by Crippen LogP contribution is -2.31. The average Bonchev–Trinajstić information content (AvgIpc) is 2.86. The van der Waals surface area contributed by atoms with Gasteiger partial charge in [0.2, 0.25) is 0 Å². The molecule has 2 aromatic heterocycles. The first-order valence-electron chi connectivity index (χ1n) is 6.91. The number of carbonyl (C=O) groups is 1. The van der Waals surface area contributed by atoms with Crippen LogP contribution in [-0.4, -0.2) is 39.9 Å². The molecule has 0 bridgehead atoms. The van der Waals surface area contributed by atoms with Gasteiger partial charge in [0.05, 0.1) is 6.61 Å². The molecule has 3 rings (SSSR count). The minimum atomic E-state index is -0.433. The molecule has 1 fully saturated rings. The van der Waals surface area contributed by atoms with E-state index >= 15 is 0 Å². The van der Waals surface area contributed by atoms with Crippen LogP contribution < -0.4 is 5.73 Å². The number of ether oxygens (including phenoxy) is 1. The molecule has 2 N–H and O–H groups in total. The topological polar surface area (TPSA) is 83.0 Å². The van der Waals surface area contributed by atoms with E-state index in [0.29, 0.717) is 30.0 Å². The maximum absolute atomic E-state index is 11.8. The van der Waals surface area contributed by atoms with Crippen molar-refractivity contribution in [2.45, 2.75) is 24.5 Å².